The van der Waals surface area contributed by atoms with E-state index in [9.17, 15) is 14.7 Å². The number of aromatic carboxylic acids is 1. The molecule has 28 heavy (non-hydrogen) atoms. The van der Waals surface area contributed by atoms with E-state index in [1.54, 1.807) is 11.9 Å². The molecule has 0 spiro atoms. The van der Waals surface area contributed by atoms with E-state index in [1.165, 1.54) is 27.2 Å². The zero-order valence-electron chi connectivity index (χ0n) is 15.7. The number of nitrogens with zero attached hydrogens (tertiary/aromatic N) is 4. The fourth-order valence-electron chi connectivity index (χ4n) is 3.73. The predicted octanol–water partition coefficient (Wildman–Crippen LogP) is 2.23. The summed E-state index contributed by atoms with van der Waals surface area (Å²) < 4.78 is 1.37. The van der Waals surface area contributed by atoms with Crippen LogP contribution in [0.15, 0.2) is 48.7 Å². The van der Waals surface area contributed by atoms with Crippen LogP contribution in [0.25, 0.3) is 10.8 Å². The highest BCUT2D eigenvalue weighted by Gasteiger charge is 2.28. The van der Waals surface area contributed by atoms with Crippen molar-refractivity contribution in [1.29, 1.82) is 0 Å². The summed E-state index contributed by atoms with van der Waals surface area (Å²) in [6.07, 6.45) is 1.37. The van der Waals surface area contributed by atoms with Gasteiger partial charge in [-0.2, -0.15) is 5.10 Å². The first-order valence-corrected chi connectivity index (χ1v) is 9.28. The summed E-state index contributed by atoms with van der Waals surface area (Å²) in [6.45, 7) is 3.42. The maximum absolute atomic E-state index is 12.7. The number of amides is 1. The van der Waals surface area contributed by atoms with Crippen LogP contribution in [-0.4, -0.2) is 62.7 Å². The number of rotatable bonds is 4. The quantitative estimate of drug-likeness (QED) is 0.753. The van der Waals surface area contributed by atoms with Crippen molar-refractivity contribution in [2.75, 3.05) is 26.2 Å². The summed E-state index contributed by atoms with van der Waals surface area (Å²) in [5, 5.41) is 15.8. The second-order valence-electron chi connectivity index (χ2n) is 7.08. The fourth-order valence-corrected chi connectivity index (χ4v) is 3.73. The number of aryl methyl sites for hydroxylation is 1. The summed E-state index contributed by atoms with van der Waals surface area (Å²) in [4.78, 5) is 28.1. The van der Waals surface area contributed by atoms with Crippen LogP contribution in [0, 0.1) is 0 Å². The van der Waals surface area contributed by atoms with Crippen molar-refractivity contribution in [2.24, 2.45) is 7.05 Å². The molecular weight excluding hydrogens is 356 g/mol. The lowest BCUT2D eigenvalue weighted by Gasteiger charge is -2.34. The second kappa shape index (κ2) is 7.44. The number of benzene rings is 2. The molecule has 0 radical (unpaired) electrons. The van der Waals surface area contributed by atoms with Crippen molar-refractivity contribution < 1.29 is 14.7 Å². The molecule has 0 saturated carbocycles. The summed E-state index contributed by atoms with van der Waals surface area (Å²) in [6, 6.07) is 14.7. The molecule has 0 bridgehead atoms. The van der Waals surface area contributed by atoms with E-state index in [-0.39, 0.29) is 17.2 Å². The average molecular weight is 378 g/mol. The third-order valence-corrected chi connectivity index (χ3v) is 5.20. The monoisotopic (exact) mass is 378 g/mol. The summed E-state index contributed by atoms with van der Waals surface area (Å²) in [5.74, 6) is -1.45. The first kappa shape index (κ1) is 18.2. The van der Waals surface area contributed by atoms with E-state index in [0.29, 0.717) is 13.1 Å². The van der Waals surface area contributed by atoms with Gasteiger partial charge in [-0.1, -0.05) is 42.5 Å². The van der Waals surface area contributed by atoms with E-state index in [1.807, 2.05) is 6.07 Å². The minimum atomic E-state index is -1.13. The highest BCUT2D eigenvalue weighted by molar-refractivity contribution is 6.03. The summed E-state index contributed by atoms with van der Waals surface area (Å²) >= 11 is 0. The molecule has 7 heteroatoms. The molecule has 4 rings (SSSR count). The largest absolute Gasteiger partial charge is 0.478 e. The predicted molar refractivity (Wildman–Crippen MR) is 105 cm³/mol. The number of hydrogen-bond donors (Lipinski definition) is 1. The smallest absolute Gasteiger partial charge is 0.339 e. The van der Waals surface area contributed by atoms with Crippen LogP contribution in [0.1, 0.15) is 26.4 Å². The topological polar surface area (TPSA) is 78.7 Å². The number of carboxylic acid groups (broad SMARTS) is 1. The molecule has 0 unspecified atom stereocenters. The molecule has 1 saturated heterocycles. The Morgan fingerprint density at radius 2 is 1.75 bits per heavy atom. The molecule has 7 nitrogen and oxygen atoms in total. The molecule has 1 aromatic heterocycles. The zero-order valence-corrected chi connectivity index (χ0v) is 15.7. The lowest BCUT2D eigenvalue weighted by Crippen LogP contribution is -2.48. The normalized spacial score (nSPS) is 15.1. The molecule has 1 amide bonds. The lowest BCUT2D eigenvalue weighted by molar-refractivity contribution is 0.0604. The van der Waals surface area contributed by atoms with Crippen molar-refractivity contribution in [3.63, 3.8) is 0 Å². The number of carbonyl (C=O) groups is 2. The van der Waals surface area contributed by atoms with Crippen LogP contribution in [0.2, 0.25) is 0 Å². The third kappa shape index (κ3) is 3.48. The van der Waals surface area contributed by atoms with Gasteiger partial charge < -0.3 is 10.0 Å². The van der Waals surface area contributed by atoms with Gasteiger partial charge in [0.15, 0.2) is 5.69 Å². The van der Waals surface area contributed by atoms with E-state index < -0.39 is 5.97 Å². The molecule has 2 heterocycles. The number of carbonyl (C=O) groups excluding carboxylic acids is 1. The summed E-state index contributed by atoms with van der Waals surface area (Å²) in [5.41, 5.74) is 1.24. The SMILES string of the molecule is Cn1cc(C(=O)O)c(C(=O)N2CCN(Cc3cccc4ccccc34)CC2)n1. The van der Waals surface area contributed by atoms with Crippen LogP contribution in [0.3, 0.4) is 0 Å². The first-order chi connectivity index (χ1) is 13.5. The first-order valence-electron chi connectivity index (χ1n) is 9.28. The minimum Gasteiger partial charge on any atom is -0.478 e. The molecule has 1 aliphatic heterocycles. The van der Waals surface area contributed by atoms with Gasteiger partial charge in [0.2, 0.25) is 0 Å². The molecule has 1 fully saturated rings. The maximum Gasteiger partial charge on any atom is 0.339 e. The Hall–Kier alpha value is -3.19. The Bertz CT molecular complexity index is 1030. The fraction of sp³-hybridized carbons (Fsp3) is 0.286. The standard InChI is InChI=1S/C21H22N4O3/c1-23-14-18(21(27)28)19(22-23)20(26)25-11-9-24(10-12-25)13-16-7-4-6-15-5-2-3-8-17(15)16/h2-8,14H,9-13H2,1H3,(H,27,28). The van der Waals surface area contributed by atoms with Gasteiger partial charge in [0.25, 0.3) is 5.91 Å². The minimum absolute atomic E-state index is 0.0116. The molecule has 0 atom stereocenters. The van der Waals surface area contributed by atoms with Crippen molar-refractivity contribution in [3.8, 4) is 0 Å². The van der Waals surface area contributed by atoms with Gasteiger partial charge in [-0.05, 0) is 16.3 Å². The van der Waals surface area contributed by atoms with Gasteiger partial charge in [-0.15, -0.1) is 0 Å². The molecule has 0 aliphatic carbocycles. The van der Waals surface area contributed by atoms with Gasteiger partial charge in [-0.3, -0.25) is 14.4 Å². The lowest BCUT2D eigenvalue weighted by atomic mass is 10.0. The van der Waals surface area contributed by atoms with Crippen molar-refractivity contribution in [1.82, 2.24) is 19.6 Å². The number of fused-ring (bicyclic) bond motifs is 1. The Morgan fingerprint density at radius 3 is 2.50 bits per heavy atom. The van der Waals surface area contributed by atoms with Crippen molar-refractivity contribution in [2.45, 2.75) is 6.54 Å². The van der Waals surface area contributed by atoms with Crippen molar-refractivity contribution >= 4 is 22.6 Å². The van der Waals surface area contributed by atoms with E-state index >= 15 is 0 Å². The van der Waals surface area contributed by atoms with Crippen molar-refractivity contribution in [3.05, 3.63) is 65.5 Å². The van der Waals surface area contributed by atoms with Gasteiger partial charge in [-0.25, -0.2) is 4.79 Å². The van der Waals surface area contributed by atoms with Gasteiger partial charge >= 0.3 is 5.97 Å². The van der Waals surface area contributed by atoms with E-state index in [2.05, 4.69) is 46.4 Å². The van der Waals surface area contributed by atoms with Crippen LogP contribution < -0.4 is 0 Å². The Morgan fingerprint density at radius 1 is 1.04 bits per heavy atom. The van der Waals surface area contributed by atoms with Gasteiger partial charge in [0, 0.05) is 46.0 Å². The highest BCUT2D eigenvalue weighted by Crippen LogP contribution is 2.21. The van der Waals surface area contributed by atoms with Crippen LogP contribution in [0.5, 0.6) is 0 Å². The zero-order chi connectivity index (χ0) is 19.7. The Balaban J connectivity index is 1.43. The molecule has 2 aromatic carbocycles. The van der Waals surface area contributed by atoms with Gasteiger partial charge in [0.1, 0.15) is 5.56 Å². The molecular formula is C21H22N4O3. The van der Waals surface area contributed by atoms with Crippen LogP contribution in [0.4, 0.5) is 0 Å². The Labute approximate surface area is 162 Å². The second-order valence-corrected chi connectivity index (χ2v) is 7.08. The Kier molecular flexibility index (Phi) is 4.83. The van der Waals surface area contributed by atoms with E-state index in [0.717, 1.165) is 19.6 Å². The number of aromatic nitrogens is 2. The number of hydrogen-bond acceptors (Lipinski definition) is 4. The molecule has 3 aromatic rings. The summed E-state index contributed by atoms with van der Waals surface area (Å²) in [7, 11) is 1.62. The van der Waals surface area contributed by atoms with Crippen LogP contribution >= 0.6 is 0 Å². The van der Waals surface area contributed by atoms with E-state index in [4.69, 9.17) is 0 Å². The number of piperazine rings is 1. The average Bonchev–Trinajstić information content (AvgIpc) is 3.10. The third-order valence-electron chi connectivity index (χ3n) is 5.20. The van der Waals surface area contributed by atoms with Crippen LogP contribution in [-0.2, 0) is 13.6 Å². The molecule has 1 aliphatic rings. The molecule has 1 N–H and O–H groups in total. The highest BCUT2D eigenvalue weighted by atomic mass is 16.4. The number of carboxylic acids is 1. The molecule has 144 valence electrons. The maximum atomic E-state index is 12.7. The van der Waals surface area contributed by atoms with Gasteiger partial charge in [0.05, 0.1) is 0 Å².